The summed E-state index contributed by atoms with van der Waals surface area (Å²) >= 11 is 11.2. The van der Waals surface area contributed by atoms with Gasteiger partial charge in [-0.25, -0.2) is 4.79 Å². The van der Waals surface area contributed by atoms with E-state index < -0.39 is 5.97 Å². The number of alkyl halides is 1. The predicted octanol–water partition coefficient (Wildman–Crippen LogP) is 2.39. The number of carbonyl (C=O) groups is 2. The van der Waals surface area contributed by atoms with Crippen LogP contribution in [0.15, 0.2) is 18.2 Å². The van der Waals surface area contributed by atoms with Crippen molar-refractivity contribution >= 4 is 35.0 Å². The van der Waals surface area contributed by atoms with Gasteiger partial charge in [-0.15, -0.1) is 11.6 Å². The normalized spacial score (nSPS) is 10.0. The molecule has 1 aromatic rings. The molecule has 15 heavy (non-hydrogen) atoms. The van der Waals surface area contributed by atoms with Gasteiger partial charge >= 0.3 is 5.97 Å². The molecule has 0 amide bonds. The Morgan fingerprint density at radius 3 is 2.47 bits per heavy atom. The molecule has 0 aromatic heterocycles. The summed E-state index contributed by atoms with van der Waals surface area (Å²) in [6.45, 7) is 0. The Balaban J connectivity index is 2.93. The maximum Gasteiger partial charge on any atom is 0.335 e. The van der Waals surface area contributed by atoms with Crippen molar-refractivity contribution in [3.05, 3.63) is 34.3 Å². The van der Waals surface area contributed by atoms with Gasteiger partial charge in [-0.3, -0.25) is 4.79 Å². The smallest absolute Gasteiger partial charge is 0.335 e. The van der Waals surface area contributed by atoms with Crippen LogP contribution in [0, 0.1) is 0 Å². The fraction of sp³-hybridized carbons (Fsp3) is 0.200. The highest BCUT2D eigenvalue weighted by Crippen LogP contribution is 2.18. The van der Waals surface area contributed by atoms with Crippen LogP contribution in [0.3, 0.4) is 0 Å². The lowest BCUT2D eigenvalue weighted by Gasteiger charge is -2.03. The maximum absolute atomic E-state index is 11.0. The number of hydrogen-bond acceptors (Lipinski definition) is 2. The fourth-order valence-electron chi connectivity index (χ4n) is 1.08. The Kier molecular flexibility index (Phi) is 4.12. The molecule has 80 valence electrons. The maximum atomic E-state index is 11.0. The van der Waals surface area contributed by atoms with E-state index in [2.05, 4.69) is 0 Å². The fourth-order valence-corrected chi connectivity index (χ4v) is 1.43. The molecule has 1 aromatic carbocycles. The molecule has 0 atom stereocenters. The lowest BCUT2D eigenvalue weighted by atomic mass is 10.1. The number of carboxylic acids is 1. The first kappa shape index (κ1) is 12.0. The van der Waals surface area contributed by atoms with Crippen molar-refractivity contribution in [3.63, 3.8) is 0 Å². The van der Waals surface area contributed by atoms with E-state index in [4.69, 9.17) is 28.3 Å². The van der Waals surface area contributed by atoms with E-state index in [1.165, 1.54) is 18.2 Å². The minimum absolute atomic E-state index is 0.0724. The van der Waals surface area contributed by atoms with E-state index in [1.54, 1.807) is 0 Å². The summed E-state index contributed by atoms with van der Waals surface area (Å²) in [5.74, 6) is -1.27. The van der Waals surface area contributed by atoms with Crippen molar-refractivity contribution in [2.45, 2.75) is 6.42 Å². The number of benzene rings is 1. The number of halogens is 2. The molecule has 1 N–H and O–H groups in total. The van der Waals surface area contributed by atoms with E-state index in [9.17, 15) is 9.59 Å². The second kappa shape index (κ2) is 5.14. The van der Waals surface area contributed by atoms with Crippen LogP contribution in [0.4, 0.5) is 0 Å². The van der Waals surface area contributed by atoms with Crippen LogP contribution >= 0.6 is 23.2 Å². The zero-order valence-electron chi connectivity index (χ0n) is 7.67. The molecule has 0 saturated carbocycles. The van der Waals surface area contributed by atoms with Crippen molar-refractivity contribution in [1.29, 1.82) is 0 Å². The van der Waals surface area contributed by atoms with E-state index in [-0.39, 0.29) is 28.7 Å². The second-order valence-corrected chi connectivity index (χ2v) is 3.63. The Hall–Kier alpha value is -1.06. The van der Waals surface area contributed by atoms with Crippen molar-refractivity contribution in [1.82, 2.24) is 0 Å². The molecule has 0 bridgehead atoms. The van der Waals surface area contributed by atoms with Gasteiger partial charge in [0.25, 0.3) is 0 Å². The molecule has 0 aliphatic heterocycles. The van der Waals surface area contributed by atoms with E-state index >= 15 is 0 Å². The minimum Gasteiger partial charge on any atom is -0.478 e. The van der Waals surface area contributed by atoms with Gasteiger partial charge in [-0.05, 0) is 17.7 Å². The summed E-state index contributed by atoms with van der Waals surface area (Å²) in [4.78, 5) is 21.6. The van der Waals surface area contributed by atoms with Crippen molar-refractivity contribution < 1.29 is 14.7 Å². The number of aromatic carboxylic acids is 1. The molecule has 0 aliphatic rings. The predicted molar refractivity (Wildman–Crippen MR) is 57.8 cm³/mol. The third kappa shape index (κ3) is 3.22. The lowest BCUT2D eigenvalue weighted by molar-refractivity contribution is -0.116. The van der Waals surface area contributed by atoms with E-state index in [0.717, 1.165) is 0 Å². The third-order valence-electron chi connectivity index (χ3n) is 1.84. The first-order chi connectivity index (χ1) is 7.04. The van der Waals surface area contributed by atoms with Crippen LogP contribution < -0.4 is 0 Å². The number of carbonyl (C=O) groups excluding carboxylic acids is 1. The average molecular weight is 247 g/mol. The molecule has 0 spiro atoms. The molecule has 0 aliphatic carbocycles. The number of carboxylic acid groups (broad SMARTS) is 1. The zero-order chi connectivity index (χ0) is 11.4. The first-order valence-corrected chi connectivity index (χ1v) is 5.05. The van der Waals surface area contributed by atoms with Crippen LogP contribution in [-0.2, 0) is 11.2 Å². The van der Waals surface area contributed by atoms with Crippen molar-refractivity contribution in [2.75, 3.05) is 5.88 Å². The minimum atomic E-state index is -1.05. The molecule has 1 rings (SSSR count). The van der Waals surface area contributed by atoms with Gasteiger partial charge in [-0.2, -0.15) is 0 Å². The summed E-state index contributed by atoms with van der Waals surface area (Å²) in [6.07, 6.45) is 0.127. The van der Waals surface area contributed by atoms with Gasteiger partial charge < -0.3 is 5.11 Å². The Labute approximate surface area is 96.6 Å². The number of ketones is 1. The molecular formula is C10H8Cl2O3. The topological polar surface area (TPSA) is 54.4 Å². The average Bonchev–Trinajstić information content (AvgIpc) is 2.20. The Bertz CT molecular complexity index is 402. The summed E-state index contributed by atoms with van der Waals surface area (Å²) in [5, 5.41) is 8.95. The molecule has 5 heteroatoms. The van der Waals surface area contributed by atoms with Crippen LogP contribution in [0.5, 0.6) is 0 Å². The van der Waals surface area contributed by atoms with Crippen LogP contribution in [0.25, 0.3) is 0 Å². The lowest BCUT2D eigenvalue weighted by Crippen LogP contribution is -2.05. The number of hydrogen-bond donors (Lipinski definition) is 1. The second-order valence-electron chi connectivity index (χ2n) is 2.96. The molecule has 0 radical (unpaired) electrons. The van der Waals surface area contributed by atoms with E-state index in [1.807, 2.05) is 0 Å². The molecule has 0 unspecified atom stereocenters. The Morgan fingerprint density at radius 1 is 1.33 bits per heavy atom. The summed E-state index contributed by atoms with van der Waals surface area (Å²) in [7, 11) is 0. The van der Waals surface area contributed by atoms with Gasteiger partial charge in [0.1, 0.15) is 0 Å². The van der Waals surface area contributed by atoms with Gasteiger partial charge in [-0.1, -0.05) is 17.7 Å². The van der Waals surface area contributed by atoms with Gasteiger partial charge in [0, 0.05) is 11.4 Å². The van der Waals surface area contributed by atoms with Crippen LogP contribution in [0.1, 0.15) is 15.9 Å². The van der Waals surface area contributed by atoms with Crippen molar-refractivity contribution in [2.24, 2.45) is 0 Å². The standard InChI is InChI=1S/C10H8Cl2O3/c11-5-8(13)3-6-1-2-7(10(14)15)4-9(6)12/h1-2,4H,3,5H2,(H,14,15). The van der Waals surface area contributed by atoms with Crippen molar-refractivity contribution in [3.8, 4) is 0 Å². The van der Waals surface area contributed by atoms with E-state index in [0.29, 0.717) is 5.56 Å². The van der Waals surface area contributed by atoms with Crippen LogP contribution in [0.2, 0.25) is 5.02 Å². The molecule has 0 heterocycles. The highest BCUT2D eigenvalue weighted by molar-refractivity contribution is 6.32. The SMILES string of the molecule is O=C(CCl)Cc1ccc(C(=O)O)cc1Cl. The third-order valence-corrected chi connectivity index (χ3v) is 2.49. The largest absolute Gasteiger partial charge is 0.478 e. The summed E-state index contributed by atoms with van der Waals surface area (Å²) in [6, 6.07) is 4.25. The quantitative estimate of drug-likeness (QED) is 0.831. The molecular weight excluding hydrogens is 239 g/mol. The molecule has 0 saturated heterocycles. The molecule has 3 nitrogen and oxygen atoms in total. The number of rotatable bonds is 4. The monoisotopic (exact) mass is 246 g/mol. The van der Waals surface area contributed by atoms with Gasteiger partial charge in [0.15, 0.2) is 5.78 Å². The van der Waals surface area contributed by atoms with Crippen LogP contribution in [-0.4, -0.2) is 22.7 Å². The molecule has 0 fully saturated rings. The number of Topliss-reactive ketones (excluding diaryl/α,β-unsaturated/α-hetero) is 1. The Morgan fingerprint density at radius 2 is 2.00 bits per heavy atom. The first-order valence-electron chi connectivity index (χ1n) is 4.14. The summed E-state index contributed by atoms with van der Waals surface area (Å²) < 4.78 is 0. The zero-order valence-corrected chi connectivity index (χ0v) is 9.18. The van der Waals surface area contributed by atoms with Gasteiger partial charge in [0.2, 0.25) is 0 Å². The highest BCUT2D eigenvalue weighted by Gasteiger charge is 2.09. The summed E-state index contributed by atoms with van der Waals surface area (Å²) in [5.41, 5.74) is 0.689. The highest BCUT2D eigenvalue weighted by atomic mass is 35.5. The van der Waals surface area contributed by atoms with Gasteiger partial charge in [0.05, 0.1) is 11.4 Å².